The highest BCUT2D eigenvalue weighted by molar-refractivity contribution is 7.80. The number of benzene rings is 2. The highest BCUT2D eigenvalue weighted by atomic mass is 35.5. The number of anilines is 1. The largest absolute Gasteiger partial charge is 0.376 e. The summed E-state index contributed by atoms with van der Waals surface area (Å²) < 4.78 is 0. The lowest BCUT2D eigenvalue weighted by molar-refractivity contribution is 0.103. The minimum atomic E-state index is -0.115. The van der Waals surface area contributed by atoms with Crippen molar-refractivity contribution in [3.63, 3.8) is 0 Å². The summed E-state index contributed by atoms with van der Waals surface area (Å²) in [6, 6.07) is 13.8. The summed E-state index contributed by atoms with van der Waals surface area (Å²) in [6.07, 6.45) is 0. The third kappa shape index (κ3) is 3.30. The van der Waals surface area contributed by atoms with Crippen molar-refractivity contribution < 1.29 is 4.79 Å². The van der Waals surface area contributed by atoms with Gasteiger partial charge in [-0.15, -0.1) is 0 Å². The van der Waals surface area contributed by atoms with E-state index >= 15 is 0 Å². The third-order valence-corrected chi connectivity index (χ3v) is 2.89. The van der Waals surface area contributed by atoms with E-state index in [2.05, 4.69) is 5.32 Å². The van der Waals surface area contributed by atoms with Crippen LogP contribution < -0.4 is 11.1 Å². The maximum atomic E-state index is 12.4. The molecule has 0 aromatic heterocycles. The van der Waals surface area contributed by atoms with Crippen LogP contribution in [0.5, 0.6) is 0 Å². The molecule has 0 radical (unpaired) electrons. The van der Waals surface area contributed by atoms with E-state index in [0.29, 0.717) is 21.8 Å². The number of nitrogens with two attached hydrogens (primary N) is 1. The van der Waals surface area contributed by atoms with Crippen LogP contribution in [-0.4, -0.2) is 10.9 Å². The number of hydrogen-bond acceptors (Lipinski definition) is 2. The van der Waals surface area contributed by atoms with Gasteiger partial charge in [0.1, 0.15) is 0 Å². The van der Waals surface area contributed by atoms with Gasteiger partial charge in [-0.1, -0.05) is 23.7 Å². The van der Waals surface area contributed by atoms with Gasteiger partial charge in [0.2, 0.25) is 0 Å². The molecule has 0 atom stereocenters. The number of para-hydroxylation sites is 1. The maximum Gasteiger partial charge on any atom is 0.195 e. The van der Waals surface area contributed by atoms with Crippen LogP contribution in [0.2, 0.25) is 5.02 Å². The van der Waals surface area contributed by atoms with Crippen molar-refractivity contribution in [2.75, 3.05) is 5.32 Å². The van der Waals surface area contributed by atoms with E-state index in [1.165, 1.54) is 0 Å². The molecule has 0 bridgehead atoms. The molecule has 2 aromatic carbocycles. The van der Waals surface area contributed by atoms with E-state index < -0.39 is 0 Å². The van der Waals surface area contributed by atoms with Gasteiger partial charge in [0.05, 0.1) is 5.69 Å². The average Bonchev–Trinajstić information content (AvgIpc) is 2.39. The molecule has 0 heterocycles. The molecule has 0 aliphatic heterocycles. The molecule has 0 saturated carbocycles. The summed E-state index contributed by atoms with van der Waals surface area (Å²) in [5.74, 6) is -0.115. The molecule has 0 saturated heterocycles. The van der Waals surface area contributed by atoms with Crippen LogP contribution in [0.15, 0.2) is 48.5 Å². The zero-order chi connectivity index (χ0) is 13.8. The Labute approximate surface area is 121 Å². The molecule has 0 unspecified atom stereocenters. The van der Waals surface area contributed by atoms with Gasteiger partial charge in [0.15, 0.2) is 10.9 Å². The molecule has 0 spiro atoms. The molecule has 0 aliphatic rings. The summed E-state index contributed by atoms with van der Waals surface area (Å²) in [7, 11) is 0. The Hall–Kier alpha value is -1.91. The fourth-order valence-electron chi connectivity index (χ4n) is 1.68. The lowest BCUT2D eigenvalue weighted by Crippen LogP contribution is -2.20. The highest BCUT2D eigenvalue weighted by Crippen LogP contribution is 2.20. The second kappa shape index (κ2) is 5.82. The van der Waals surface area contributed by atoms with Crippen LogP contribution >= 0.6 is 23.8 Å². The van der Waals surface area contributed by atoms with Gasteiger partial charge in [-0.05, 0) is 48.6 Å². The molecule has 0 fully saturated rings. The summed E-state index contributed by atoms with van der Waals surface area (Å²) >= 11 is 10.6. The standard InChI is InChI=1S/C14H11ClN2OS/c15-10-7-5-9(6-8-10)13(18)11-3-1-2-4-12(11)17-14(16)19/h1-8H,(H3,16,17,19). The van der Waals surface area contributed by atoms with Crippen LogP contribution in [0.1, 0.15) is 15.9 Å². The SMILES string of the molecule is NC(=S)Nc1ccccc1C(=O)c1ccc(Cl)cc1. The van der Waals surface area contributed by atoms with Crippen molar-refractivity contribution in [3.8, 4) is 0 Å². The van der Waals surface area contributed by atoms with Crippen molar-refractivity contribution in [1.82, 2.24) is 0 Å². The number of carbonyl (C=O) groups excluding carboxylic acids is 1. The molecule has 0 aliphatic carbocycles. The van der Waals surface area contributed by atoms with Gasteiger partial charge in [0.25, 0.3) is 0 Å². The first kappa shape index (κ1) is 13.5. The van der Waals surface area contributed by atoms with Crippen molar-refractivity contribution in [2.24, 2.45) is 5.73 Å². The van der Waals surface area contributed by atoms with Crippen molar-refractivity contribution >= 4 is 40.4 Å². The molecular weight excluding hydrogens is 280 g/mol. The van der Waals surface area contributed by atoms with E-state index in [1.54, 1.807) is 48.5 Å². The molecule has 2 rings (SSSR count). The van der Waals surface area contributed by atoms with Gasteiger partial charge in [-0.2, -0.15) is 0 Å². The monoisotopic (exact) mass is 290 g/mol. The van der Waals surface area contributed by atoms with E-state index in [0.717, 1.165) is 0 Å². The van der Waals surface area contributed by atoms with Crippen LogP contribution in [0.4, 0.5) is 5.69 Å². The van der Waals surface area contributed by atoms with Gasteiger partial charge in [0, 0.05) is 16.1 Å². The zero-order valence-electron chi connectivity index (χ0n) is 9.89. The van der Waals surface area contributed by atoms with E-state index in [1.807, 2.05) is 0 Å². The van der Waals surface area contributed by atoms with Crippen LogP contribution in [0.25, 0.3) is 0 Å². The predicted molar refractivity (Wildman–Crippen MR) is 81.7 cm³/mol. The number of nitrogens with one attached hydrogen (secondary N) is 1. The summed E-state index contributed by atoms with van der Waals surface area (Å²) in [5, 5.41) is 3.51. The molecule has 3 nitrogen and oxygen atoms in total. The first-order valence-corrected chi connectivity index (χ1v) is 6.32. The van der Waals surface area contributed by atoms with Gasteiger partial charge >= 0.3 is 0 Å². The van der Waals surface area contributed by atoms with Crippen LogP contribution in [0.3, 0.4) is 0 Å². The minimum absolute atomic E-state index is 0.115. The predicted octanol–water partition coefficient (Wildman–Crippen LogP) is 3.23. The first-order chi connectivity index (χ1) is 9.08. The Morgan fingerprint density at radius 1 is 1.11 bits per heavy atom. The summed E-state index contributed by atoms with van der Waals surface area (Å²) in [5.41, 5.74) is 7.10. The smallest absolute Gasteiger partial charge is 0.195 e. The molecule has 2 aromatic rings. The number of rotatable bonds is 3. The second-order valence-corrected chi connectivity index (χ2v) is 4.75. The van der Waals surface area contributed by atoms with Gasteiger partial charge in [-0.3, -0.25) is 4.79 Å². The zero-order valence-corrected chi connectivity index (χ0v) is 11.5. The Morgan fingerprint density at radius 2 is 1.74 bits per heavy atom. The lowest BCUT2D eigenvalue weighted by atomic mass is 10.0. The first-order valence-electron chi connectivity index (χ1n) is 5.53. The Morgan fingerprint density at radius 3 is 2.37 bits per heavy atom. The Kier molecular flexibility index (Phi) is 4.14. The molecule has 0 amide bonds. The number of ketones is 1. The Balaban J connectivity index is 2.38. The van der Waals surface area contributed by atoms with Gasteiger partial charge < -0.3 is 11.1 Å². The lowest BCUT2D eigenvalue weighted by Gasteiger charge is -2.09. The quantitative estimate of drug-likeness (QED) is 0.673. The summed E-state index contributed by atoms with van der Waals surface area (Å²) in [6.45, 7) is 0. The average molecular weight is 291 g/mol. The highest BCUT2D eigenvalue weighted by Gasteiger charge is 2.13. The van der Waals surface area contributed by atoms with Crippen molar-refractivity contribution in [2.45, 2.75) is 0 Å². The van der Waals surface area contributed by atoms with E-state index in [4.69, 9.17) is 29.6 Å². The van der Waals surface area contributed by atoms with Gasteiger partial charge in [-0.25, -0.2) is 0 Å². The fraction of sp³-hybridized carbons (Fsp3) is 0. The molecule has 5 heteroatoms. The number of hydrogen-bond donors (Lipinski definition) is 2. The van der Waals surface area contributed by atoms with Crippen LogP contribution in [0, 0.1) is 0 Å². The Bertz CT molecular complexity index is 626. The topological polar surface area (TPSA) is 55.1 Å². The third-order valence-electron chi connectivity index (χ3n) is 2.54. The minimum Gasteiger partial charge on any atom is -0.376 e. The van der Waals surface area contributed by atoms with Crippen molar-refractivity contribution in [1.29, 1.82) is 0 Å². The van der Waals surface area contributed by atoms with E-state index in [9.17, 15) is 4.79 Å². The molecular formula is C14H11ClN2OS. The summed E-state index contributed by atoms with van der Waals surface area (Å²) in [4.78, 5) is 12.4. The van der Waals surface area contributed by atoms with E-state index in [-0.39, 0.29) is 10.9 Å². The number of carbonyl (C=O) groups is 1. The van der Waals surface area contributed by atoms with Crippen molar-refractivity contribution in [3.05, 3.63) is 64.7 Å². The normalized spacial score (nSPS) is 9.95. The number of thiocarbonyl (C=S) groups is 1. The fourth-order valence-corrected chi connectivity index (χ4v) is 1.92. The second-order valence-electron chi connectivity index (χ2n) is 3.87. The number of halogens is 1. The molecule has 19 heavy (non-hydrogen) atoms. The molecule has 96 valence electrons. The van der Waals surface area contributed by atoms with Crippen LogP contribution in [-0.2, 0) is 0 Å². The maximum absolute atomic E-state index is 12.4. The molecule has 3 N–H and O–H groups in total.